The molecule has 1 aliphatic rings. The number of carbonyl (C=O) groups excluding carboxylic acids is 1. The van der Waals surface area contributed by atoms with E-state index in [4.69, 9.17) is 10.5 Å². The third-order valence-electron chi connectivity index (χ3n) is 4.08. The van der Waals surface area contributed by atoms with Crippen LogP contribution in [0.15, 0.2) is 48.5 Å². The van der Waals surface area contributed by atoms with Crippen LogP contribution >= 0.6 is 0 Å². The van der Waals surface area contributed by atoms with Crippen LogP contribution in [-0.2, 0) is 11.3 Å². The largest absolute Gasteiger partial charge is 0.486 e. The maximum Gasteiger partial charge on any atom is 0.143 e. The Labute approximate surface area is 136 Å². The van der Waals surface area contributed by atoms with E-state index in [9.17, 15) is 4.79 Å². The van der Waals surface area contributed by atoms with Gasteiger partial charge in [0, 0.05) is 18.7 Å². The average molecular weight is 310 g/mol. The van der Waals surface area contributed by atoms with Crippen LogP contribution in [0, 0.1) is 0 Å². The van der Waals surface area contributed by atoms with Gasteiger partial charge in [-0.1, -0.05) is 30.3 Å². The molecule has 0 fully saturated rings. The Balaban J connectivity index is 1.83. The number of ketones is 1. The van der Waals surface area contributed by atoms with E-state index in [1.165, 1.54) is 5.56 Å². The molecule has 0 bridgehead atoms. The van der Waals surface area contributed by atoms with Gasteiger partial charge >= 0.3 is 0 Å². The van der Waals surface area contributed by atoms with Crippen LogP contribution in [0.3, 0.4) is 0 Å². The van der Waals surface area contributed by atoms with Crippen molar-refractivity contribution < 1.29 is 9.53 Å². The lowest BCUT2D eigenvalue weighted by atomic mass is 10.1. The third kappa shape index (κ3) is 3.83. The summed E-state index contributed by atoms with van der Waals surface area (Å²) in [6.07, 6.45) is 1.32. The topological polar surface area (TPSA) is 55.6 Å². The lowest BCUT2D eigenvalue weighted by Crippen LogP contribution is -2.39. The van der Waals surface area contributed by atoms with Crippen LogP contribution < -0.4 is 15.4 Å². The summed E-state index contributed by atoms with van der Waals surface area (Å²) in [5, 5.41) is 0. The van der Waals surface area contributed by atoms with E-state index in [1.54, 1.807) is 6.92 Å². The van der Waals surface area contributed by atoms with E-state index in [1.807, 2.05) is 36.4 Å². The highest BCUT2D eigenvalue weighted by molar-refractivity contribution is 5.75. The second-order valence-electron chi connectivity index (χ2n) is 6.07. The Bertz CT molecular complexity index is 685. The Morgan fingerprint density at radius 2 is 2.04 bits per heavy atom. The standard InChI is InChI=1S/C19H22N2O2/c1-14(22)7-9-17-13-21(12-15-5-3-2-4-6-15)18-11-16(20)8-10-19(18)23-17/h2-6,8,10-11,17H,7,9,12-13,20H2,1H3/t17-/m0/s1. The number of anilines is 2. The van der Waals surface area contributed by atoms with E-state index in [0.29, 0.717) is 6.42 Å². The summed E-state index contributed by atoms with van der Waals surface area (Å²) < 4.78 is 6.06. The van der Waals surface area contributed by atoms with Crippen molar-refractivity contribution in [3.8, 4) is 5.75 Å². The second kappa shape index (κ2) is 6.73. The van der Waals surface area contributed by atoms with Crippen molar-refractivity contribution in [1.29, 1.82) is 0 Å². The minimum absolute atomic E-state index is 0.0266. The second-order valence-corrected chi connectivity index (χ2v) is 6.07. The molecule has 3 rings (SSSR count). The SMILES string of the molecule is CC(=O)CC[C@H]1CN(Cc2ccccc2)c2cc(N)ccc2O1. The molecule has 0 amide bonds. The number of nitrogens with two attached hydrogens (primary N) is 1. The van der Waals surface area contributed by atoms with Gasteiger partial charge in [0.05, 0.1) is 12.2 Å². The summed E-state index contributed by atoms with van der Waals surface area (Å²) in [6, 6.07) is 16.1. The van der Waals surface area contributed by atoms with Gasteiger partial charge in [0.2, 0.25) is 0 Å². The molecule has 0 aromatic heterocycles. The molecule has 0 radical (unpaired) electrons. The average Bonchev–Trinajstić information content (AvgIpc) is 2.54. The number of carbonyl (C=O) groups is 1. The van der Waals surface area contributed by atoms with Gasteiger partial charge in [-0.2, -0.15) is 0 Å². The van der Waals surface area contributed by atoms with Gasteiger partial charge in [-0.05, 0) is 37.1 Å². The van der Waals surface area contributed by atoms with Crippen molar-refractivity contribution in [3.05, 3.63) is 54.1 Å². The molecule has 4 nitrogen and oxygen atoms in total. The predicted molar refractivity (Wildman–Crippen MR) is 92.7 cm³/mol. The number of Topliss-reactive ketones (excluding diaryl/α,β-unsaturated/α-hetero) is 1. The molecule has 1 aliphatic heterocycles. The van der Waals surface area contributed by atoms with Gasteiger partial charge in [-0.3, -0.25) is 0 Å². The van der Waals surface area contributed by atoms with Crippen molar-refractivity contribution in [2.24, 2.45) is 0 Å². The lowest BCUT2D eigenvalue weighted by molar-refractivity contribution is -0.117. The normalized spacial score (nSPS) is 16.6. The van der Waals surface area contributed by atoms with Crippen molar-refractivity contribution in [1.82, 2.24) is 0 Å². The predicted octanol–water partition coefficient (Wildman–Crippen LogP) is 3.41. The van der Waals surface area contributed by atoms with E-state index in [2.05, 4.69) is 17.0 Å². The van der Waals surface area contributed by atoms with E-state index in [-0.39, 0.29) is 11.9 Å². The van der Waals surface area contributed by atoms with Crippen LogP contribution in [0.2, 0.25) is 0 Å². The van der Waals surface area contributed by atoms with Gasteiger partial charge in [0.1, 0.15) is 17.6 Å². The summed E-state index contributed by atoms with van der Waals surface area (Å²) in [5.41, 5.74) is 8.94. The highest BCUT2D eigenvalue weighted by Crippen LogP contribution is 2.36. The Morgan fingerprint density at radius 3 is 2.78 bits per heavy atom. The molecule has 120 valence electrons. The monoisotopic (exact) mass is 310 g/mol. The van der Waals surface area contributed by atoms with Gasteiger partial charge in [-0.25, -0.2) is 0 Å². The Morgan fingerprint density at radius 1 is 1.26 bits per heavy atom. The lowest BCUT2D eigenvalue weighted by Gasteiger charge is -2.36. The van der Waals surface area contributed by atoms with Crippen molar-refractivity contribution in [2.45, 2.75) is 32.4 Å². The maximum atomic E-state index is 11.3. The molecule has 0 unspecified atom stereocenters. The Hall–Kier alpha value is -2.49. The molecule has 2 aromatic carbocycles. The number of nitrogen functional groups attached to an aromatic ring is 1. The zero-order chi connectivity index (χ0) is 16.2. The van der Waals surface area contributed by atoms with E-state index >= 15 is 0 Å². The molecule has 0 aliphatic carbocycles. The first-order valence-electron chi connectivity index (χ1n) is 7.96. The molecule has 1 atom stereocenters. The van der Waals surface area contributed by atoms with E-state index in [0.717, 1.165) is 36.6 Å². The first-order valence-corrected chi connectivity index (χ1v) is 7.96. The van der Waals surface area contributed by atoms with Crippen molar-refractivity contribution in [3.63, 3.8) is 0 Å². The number of benzene rings is 2. The molecule has 1 heterocycles. The fourth-order valence-electron chi connectivity index (χ4n) is 2.91. The van der Waals surface area contributed by atoms with Crippen LogP contribution in [0.25, 0.3) is 0 Å². The van der Waals surface area contributed by atoms with Crippen LogP contribution in [0.5, 0.6) is 5.75 Å². The summed E-state index contributed by atoms with van der Waals surface area (Å²) in [6.45, 7) is 3.19. The number of rotatable bonds is 5. The van der Waals surface area contributed by atoms with Crippen molar-refractivity contribution in [2.75, 3.05) is 17.2 Å². The molecular weight excluding hydrogens is 288 g/mol. The fraction of sp³-hybridized carbons (Fsp3) is 0.316. The minimum Gasteiger partial charge on any atom is -0.486 e. The number of ether oxygens (including phenoxy) is 1. The maximum absolute atomic E-state index is 11.3. The molecule has 0 saturated heterocycles. The van der Waals surface area contributed by atoms with Crippen LogP contribution in [0.1, 0.15) is 25.3 Å². The molecule has 0 saturated carbocycles. The zero-order valence-corrected chi connectivity index (χ0v) is 13.4. The summed E-state index contributed by atoms with van der Waals surface area (Å²) >= 11 is 0. The molecule has 4 heteroatoms. The smallest absolute Gasteiger partial charge is 0.143 e. The first-order chi connectivity index (χ1) is 11.1. The fourth-order valence-corrected chi connectivity index (χ4v) is 2.91. The molecule has 2 N–H and O–H groups in total. The zero-order valence-electron chi connectivity index (χ0n) is 13.4. The molecular formula is C19H22N2O2. The van der Waals surface area contributed by atoms with Crippen LogP contribution in [0.4, 0.5) is 11.4 Å². The summed E-state index contributed by atoms with van der Waals surface area (Å²) in [5.74, 6) is 1.04. The number of hydrogen-bond donors (Lipinski definition) is 1. The molecule has 0 spiro atoms. The van der Waals surface area contributed by atoms with Gasteiger partial charge in [-0.15, -0.1) is 0 Å². The van der Waals surface area contributed by atoms with E-state index < -0.39 is 0 Å². The van der Waals surface area contributed by atoms with Crippen LogP contribution in [-0.4, -0.2) is 18.4 Å². The highest BCUT2D eigenvalue weighted by Gasteiger charge is 2.26. The molecule has 23 heavy (non-hydrogen) atoms. The number of fused-ring (bicyclic) bond motifs is 1. The van der Waals surface area contributed by atoms with Gasteiger partial charge in [0.15, 0.2) is 0 Å². The quantitative estimate of drug-likeness (QED) is 0.860. The van der Waals surface area contributed by atoms with Crippen molar-refractivity contribution >= 4 is 17.2 Å². The molecule has 2 aromatic rings. The summed E-state index contributed by atoms with van der Waals surface area (Å²) in [7, 11) is 0. The van der Waals surface area contributed by atoms with Gasteiger partial charge in [0.25, 0.3) is 0 Å². The van der Waals surface area contributed by atoms with Gasteiger partial charge < -0.3 is 20.2 Å². The minimum atomic E-state index is 0.0266. The number of hydrogen-bond acceptors (Lipinski definition) is 4. The Kier molecular flexibility index (Phi) is 4.51. The summed E-state index contributed by atoms with van der Waals surface area (Å²) in [4.78, 5) is 13.6. The highest BCUT2D eigenvalue weighted by atomic mass is 16.5. The number of nitrogens with zero attached hydrogens (tertiary/aromatic N) is 1. The third-order valence-corrected chi connectivity index (χ3v) is 4.08. The first kappa shape index (κ1) is 15.4.